The summed E-state index contributed by atoms with van der Waals surface area (Å²) in [6.45, 7) is 7.00. The summed E-state index contributed by atoms with van der Waals surface area (Å²) in [5.41, 5.74) is 1.98. The molecule has 0 bridgehead atoms. The molecule has 0 aliphatic heterocycles. The lowest BCUT2D eigenvalue weighted by Gasteiger charge is -2.12. The summed E-state index contributed by atoms with van der Waals surface area (Å²) >= 11 is 6.16. The summed E-state index contributed by atoms with van der Waals surface area (Å²) < 4.78 is 0. The Kier molecular flexibility index (Phi) is 5.39. The molecule has 0 fully saturated rings. The molecule has 21 heavy (non-hydrogen) atoms. The molecule has 0 radical (unpaired) electrons. The molecule has 0 saturated heterocycles. The molecular weight excluding hydrogens is 284 g/mol. The second kappa shape index (κ2) is 7.27. The maximum atomic E-state index is 6.16. The van der Waals surface area contributed by atoms with Crippen LogP contribution >= 0.6 is 11.6 Å². The fourth-order valence-electron chi connectivity index (χ4n) is 2.05. The maximum Gasteiger partial charge on any atom is 0.136 e. The monoisotopic (exact) mass is 304 g/mol. The lowest BCUT2D eigenvalue weighted by Crippen LogP contribution is -2.06. The highest BCUT2D eigenvalue weighted by molar-refractivity contribution is 6.31. The van der Waals surface area contributed by atoms with Gasteiger partial charge in [-0.15, -0.1) is 0 Å². The zero-order valence-corrected chi connectivity index (χ0v) is 13.5. The molecule has 4 nitrogen and oxygen atoms in total. The average molecular weight is 305 g/mol. The summed E-state index contributed by atoms with van der Waals surface area (Å²) in [4.78, 5) is 9.07. The van der Waals surface area contributed by atoms with E-state index in [4.69, 9.17) is 11.6 Å². The van der Waals surface area contributed by atoms with Crippen LogP contribution in [0.1, 0.15) is 31.7 Å². The summed E-state index contributed by atoms with van der Waals surface area (Å²) in [6, 6.07) is 7.73. The quantitative estimate of drug-likeness (QED) is 0.821. The summed E-state index contributed by atoms with van der Waals surface area (Å²) in [7, 11) is 0. The van der Waals surface area contributed by atoms with Crippen molar-refractivity contribution in [2.45, 2.75) is 33.6 Å². The second-order valence-corrected chi connectivity index (χ2v) is 5.28. The third kappa shape index (κ3) is 4.08. The molecule has 112 valence electrons. The van der Waals surface area contributed by atoms with Crippen molar-refractivity contribution < 1.29 is 0 Å². The molecule has 2 aromatic rings. The number of nitrogens with one attached hydrogen (secondary N) is 2. The van der Waals surface area contributed by atoms with Crippen LogP contribution in [0, 0.1) is 6.92 Å². The summed E-state index contributed by atoms with van der Waals surface area (Å²) in [5.74, 6) is 2.48. The Labute approximate surface area is 131 Å². The van der Waals surface area contributed by atoms with Gasteiger partial charge in [-0.25, -0.2) is 9.97 Å². The Morgan fingerprint density at radius 3 is 2.62 bits per heavy atom. The highest BCUT2D eigenvalue weighted by Gasteiger charge is 2.07. The second-order valence-electron chi connectivity index (χ2n) is 4.87. The van der Waals surface area contributed by atoms with E-state index >= 15 is 0 Å². The van der Waals surface area contributed by atoms with E-state index in [2.05, 4.69) is 34.4 Å². The first-order valence-corrected chi connectivity index (χ1v) is 7.65. The molecule has 0 atom stereocenters. The number of nitrogens with zero attached hydrogens (tertiary/aromatic N) is 2. The first kappa shape index (κ1) is 15.6. The van der Waals surface area contributed by atoms with Crippen molar-refractivity contribution in [1.29, 1.82) is 0 Å². The fourth-order valence-corrected chi connectivity index (χ4v) is 2.22. The van der Waals surface area contributed by atoms with Gasteiger partial charge < -0.3 is 10.6 Å². The molecule has 1 heterocycles. The zero-order chi connectivity index (χ0) is 15.2. The molecule has 0 unspecified atom stereocenters. The number of anilines is 3. The van der Waals surface area contributed by atoms with Gasteiger partial charge >= 0.3 is 0 Å². The molecule has 5 heteroatoms. The van der Waals surface area contributed by atoms with Gasteiger partial charge in [-0.3, -0.25) is 0 Å². The van der Waals surface area contributed by atoms with E-state index in [1.54, 1.807) is 0 Å². The Morgan fingerprint density at radius 1 is 1.14 bits per heavy atom. The first-order chi connectivity index (χ1) is 10.1. The molecule has 1 aromatic heterocycles. The van der Waals surface area contributed by atoms with Gasteiger partial charge in [-0.1, -0.05) is 24.6 Å². The fraction of sp³-hybridized carbons (Fsp3) is 0.375. The van der Waals surface area contributed by atoms with Crippen molar-refractivity contribution in [1.82, 2.24) is 9.97 Å². The first-order valence-electron chi connectivity index (χ1n) is 7.28. The van der Waals surface area contributed by atoms with E-state index in [9.17, 15) is 0 Å². The molecule has 2 N–H and O–H groups in total. The number of rotatable bonds is 6. The molecule has 0 aliphatic carbocycles. The lowest BCUT2D eigenvalue weighted by molar-refractivity contribution is 0.836. The van der Waals surface area contributed by atoms with E-state index in [1.165, 1.54) is 0 Å². The van der Waals surface area contributed by atoms with Crippen molar-refractivity contribution in [3.63, 3.8) is 0 Å². The smallest absolute Gasteiger partial charge is 0.136 e. The highest BCUT2D eigenvalue weighted by Crippen LogP contribution is 2.26. The summed E-state index contributed by atoms with van der Waals surface area (Å²) in [5, 5.41) is 7.32. The Hall–Kier alpha value is -1.81. The number of halogens is 1. The topological polar surface area (TPSA) is 49.8 Å². The Morgan fingerprint density at radius 2 is 1.90 bits per heavy atom. The number of aryl methyl sites for hydroxylation is 1. The minimum absolute atomic E-state index is 0.745. The molecular formula is C16H21ClN4. The van der Waals surface area contributed by atoms with E-state index in [1.807, 2.05) is 31.2 Å². The van der Waals surface area contributed by atoms with Gasteiger partial charge in [-0.2, -0.15) is 0 Å². The highest BCUT2D eigenvalue weighted by atomic mass is 35.5. The van der Waals surface area contributed by atoms with E-state index < -0.39 is 0 Å². The van der Waals surface area contributed by atoms with Crippen LogP contribution in [0.15, 0.2) is 24.3 Å². The summed E-state index contributed by atoms with van der Waals surface area (Å²) in [6.07, 6.45) is 1.88. The Balaban J connectivity index is 2.31. The van der Waals surface area contributed by atoms with Crippen LogP contribution in [0.25, 0.3) is 0 Å². The van der Waals surface area contributed by atoms with Crippen LogP contribution in [-0.2, 0) is 6.42 Å². The molecule has 0 spiro atoms. The lowest BCUT2D eigenvalue weighted by atomic mass is 10.2. The van der Waals surface area contributed by atoms with Gasteiger partial charge in [-0.05, 0) is 38.0 Å². The predicted molar refractivity (Wildman–Crippen MR) is 89.7 cm³/mol. The number of hydrogen-bond donors (Lipinski definition) is 2. The standard InChI is InChI=1S/C16H21ClN4/c1-4-7-14-20-15(18-5-2)10-16(21-14)19-13-9-6-8-12(17)11(13)3/h6,8-10H,4-5,7H2,1-3H3,(H2,18,19,20,21). The van der Waals surface area contributed by atoms with Gasteiger partial charge in [0, 0.05) is 29.7 Å². The SMILES string of the molecule is CCCc1nc(NCC)cc(Nc2cccc(Cl)c2C)n1. The number of benzene rings is 1. The maximum absolute atomic E-state index is 6.16. The molecule has 1 aromatic carbocycles. The molecule has 2 rings (SSSR count). The van der Waals surface area contributed by atoms with Crippen LogP contribution < -0.4 is 10.6 Å². The van der Waals surface area contributed by atoms with Gasteiger partial charge in [0.25, 0.3) is 0 Å². The van der Waals surface area contributed by atoms with Gasteiger partial charge in [0.2, 0.25) is 0 Å². The van der Waals surface area contributed by atoms with Gasteiger partial charge in [0.1, 0.15) is 17.5 Å². The largest absolute Gasteiger partial charge is 0.370 e. The van der Waals surface area contributed by atoms with Crippen molar-refractivity contribution >= 4 is 28.9 Å². The molecule has 0 amide bonds. The van der Waals surface area contributed by atoms with Gasteiger partial charge in [0.05, 0.1) is 0 Å². The normalized spacial score (nSPS) is 10.5. The van der Waals surface area contributed by atoms with Crippen molar-refractivity contribution in [3.8, 4) is 0 Å². The van der Waals surface area contributed by atoms with Crippen molar-refractivity contribution in [3.05, 3.63) is 40.7 Å². The third-order valence-corrected chi connectivity index (χ3v) is 3.54. The molecule has 0 saturated carbocycles. The van der Waals surface area contributed by atoms with Crippen molar-refractivity contribution in [2.75, 3.05) is 17.2 Å². The predicted octanol–water partition coefficient (Wildman–Crippen LogP) is 4.57. The molecule has 0 aliphatic rings. The van der Waals surface area contributed by atoms with Crippen molar-refractivity contribution in [2.24, 2.45) is 0 Å². The van der Waals surface area contributed by atoms with Crippen LogP contribution in [-0.4, -0.2) is 16.5 Å². The number of hydrogen-bond acceptors (Lipinski definition) is 4. The van der Waals surface area contributed by atoms with Crippen LogP contribution in [0.4, 0.5) is 17.3 Å². The van der Waals surface area contributed by atoms with Crippen LogP contribution in [0.5, 0.6) is 0 Å². The van der Waals surface area contributed by atoms with Gasteiger partial charge in [0.15, 0.2) is 0 Å². The van der Waals surface area contributed by atoms with E-state index in [-0.39, 0.29) is 0 Å². The Bertz CT molecular complexity index is 589. The van der Waals surface area contributed by atoms with E-state index in [0.29, 0.717) is 0 Å². The number of aromatic nitrogens is 2. The van der Waals surface area contributed by atoms with Crippen LogP contribution in [0.3, 0.4) is 0 Å². The average Bonchev–Trinajstić information content (AvgIpc) is 2.44. The van der Waals surface area contributed by atoms with E-state index in [0.717, 1.165) is 53.1 Å². The minimum Gasteiger partial charge on any atom is -0.370 e. The zero-order valence-electron chi connectivity index (χ0n) is 12.7. The third-order valence-electron chi connectivity index (χ3n) is 3.13. The minimum atomic E-state index is 0.745. The van der Waals surface area contributed by atoms with Crippen LogP contribution in [0.2, 0.25) is 5.02 Å².